The Bertz CT molecular complexity index is 383. The van der Waals surface area contributed by atoms with Gasteiger partial charge in [0, 0.05) is 19.7 Å². The molecule has 0 amide bonds. The average molecular weight is 379 g/mol. The van der Waals surface area contributed by atoms with Gasteiger partial charge in [-0.2, -0.15) is 0 Å². The summed E-state index contributed by atoms with van der Waals surface area (Å²) in [6.45, 7) is 2.66. The van der Waals surface area contributed by atoms with Crippen molar-refractivity contribution in [2.24, 2.45) is 0 Å². The van der Waals surface area contributed by atoms with E-state index in [1.54, 1.807) is 7.11 Å². The lowest BCUT2D eigenvalue weighted by Gasteiger charge is -2.12. The van der Waals surface area contributed by atoms with E-state index in [-0.39, 0.29) is 0 Å². The minimum Gasteiger partial charge on any atom is -0.494 e. The van der Waals surface area contributed by atoms with Gasteiger partial charge >= 0.3 is 0 Å². The van der Waals surface area contributed by atoms with Gasteiger partial charge in [-0.15, -0.1) is 0 Å². The second kappa shape index (κ2) is 6.89. The van der Waals surface area contributed by atoms with Gasteiger partial charge in [-0.25, -0.2) is 0 Å². The molecule has 0 radical (unpaired) electrons. The molecular formula is C13H17Br2NO2. The smallest absolute Gasteiger partial charge is 0.147 e. The van der Waals surface area contributed by atoms with Crippen molar-refractivity contribution in [2.75, 3.05) is 20.3 Å². The molecule has 0 spiro atoms. The number of methoxy groups -OCH3 is 1. The van der Waals surface area contributed by atoms with Crippen molar-refractivity contribution in [3.8, 4) is 5.75 Å². The van der Waals surface area contributed by atoms with Gasteiger partial charge in [0.1, 0.15) is 5.75 Å². The van der Waals surface area contributed by atoms with Gasteiger partial charge < -0.3 is 14.8 Å². The fraction of sp³-hybridized carbons (Fsp3) is 0.538. The van der Waals surface area contributed by atoms with Gasteiger partial charge in [0.15, 0.2) is 0 Å². The standard InChI is InChI=1S/C13H17Br2NO2/c1-17-13-11(14)5-9(6-12(13)15)7-16-8-10-3-2-4-18-10/h5-6,10,16H,2-4,7-8H2,1H3/t10-/m1/s1. The van der Waals surface area contributed by atoms with Gasteiger partial charge in [0.05, 0.1) is 22.2 Å². The lowest BCUT2D eigenvalue weighted by atomic mass is 10.2. The minimum atomic E-state index is 0.384. The molecule has 1 aromatic rings. The Hall–Kier alpha value is -0.100. The van der Waals surface area contributed by atoms with Crippen LogP contribution in [0.1, 0.15) is 18.4 Å². The number of rotatable bonds is 5. The predicted molar refractivity (Wildman–Crippen MR) is 79.1 cm³/mol. The van der Waals surface area contributed by atoms with Crippen molar-refractivity contribution in [1.82, 2.24) is 5.32 Å². The summed E-state index contributed by atoms with van der Waals surface area (Å²) in [6, 6.07) is 4.15. The van der Waals surface area contributed by atoms with E-state index >= 15 is 0 Å². The molecule has 5 heteroatoms. The van der Waals surface area contributed by atoms with Gasteiger partial charge in [-0.1, -0.05) is 0 Å². The summed E-state index contributed by atoms with van der Waals surface area (Å²) < 4.78 is 12.8. The highest BCUT2D eigenvalue weighted by molar-refractivity contribution is 9.11. The number of ether oxygens (including phenoxy) is 2. The highest BCUT2D eigenvalue weighted by Gasteiger charge is 2.14. The Labute approximate surface area is 124 Å². The maximum absolute atomic E-state index is 5.57. The van der Waals surface area contributed by atoms with Gasteiger partial charge in [-0.05, 0) is 62.4 Å². The molecule has 1 fully saturated rings. The molecule has 100 valence electrons. The molecule has 18 heavy (non-hydrogen) atoms. The summed E-state index contributed by atoms with van der Waals surface area (Å²) in [7, 11) is 1.67. The first-order valence-electron chi connectivity index (χ1n) is 6.05. The Balaban J connectivity index is 1.89. The Morgan fingerprint density at radius 1 is 1.39 bits per heavy atom. The third-order valence-electron chi connectivity index (χ3n) is 2.99. The molecule has 0 unspecified atom stereocenters. The topological polar surface area (TPSA) is 30.5 Å². The number of nitrogens with one attached hydrogen (secondary N) is 1. The quantitative estimate of drug-likeness (QED) is 0.850. The highest BCUT2D eigenvalue weighted by Crippen LogP contribution is 2.34. The van der Waals surface area contributed by atoms with Crippen LogP contribution >= 0.6 is 31.9 Å². The zero-order valence-corrected chi connectivity index (χ0v) is 13.5. The first-order chi connectivity index (χ1) is 8.70. The molecule has 3 nitrogen and oxygen atoms in total. The lowest BCUT2D eigenvalue weighted by molar-refractivity contribution is 0.110. The summed E-state index contributed by atoms with van der Waals surface area (Å²) in [4.78, 5) is 0. The number of hydrogen-bond acceptors (Lipinski definition) is 3. The predicted octanol–water partition coefficient (Wildman–Crippen LogP) is 3.49. The van der Waals surface area contributed by atoms with Crippen LogP contribution in [0.15, 0.2) is 21.1 Å². The minimum absolute atomic E-state index is 0.384. The van der Waals surface area contributed by atoms with Crippen LogP contribution in [0.3, 0.4) is 0 Å². The SMILES string of the molecule is COc1c(Br)cc(CNC[C@H]2CCCO2)cc1Br. The maximum Gasteiger partial charge on any atom is 0.147 e. The molecule has 1 aliphatic heterocycles. The van der Waals surface area contributed by atoms with Gasteiger partial charge in [0.2, 0.25) is 0 Å². The summed E-state index contributed by atoms with van der Waals surface area (Å²) >= 11 is 7.02. The van der Waals surface area contributed by atoms with Gasteiger partial charge in [0.25, 0.3) is 0 Å². The normalized spacial score (nSPS) is 19.2. The molecule has 0 aliphatic carbocycles. The van der Waals surface area contributed by atoms with Crippen molar-refractivity contribution >= 4 is 31.9 Å². The Morgan fingerprint density at radius 3 is 2.67 bits per heavy atom. The average Bonchev–Trinajstić information content (AvgIpc) is 2.82. The molecular weight excluding hydrogens is 362 g/mol. The first kappa shape index (κ1) is 14.3. The zero-order chi connectivity index (χ0) is 13.0. The van der Waals surface area contributed by atoms with Crippen LogP contribution in [0, 0.1) is 0 Å². The Morgan fingerprint density at radius 2 is 2.11 bits per heavy atom. The van der Waals surface area contributed by atoms with E-state index in [1.165, 1.54) is 18.4 Å². The van der Waals surface area contributed by atoms with E-state index in [1.807, 2.05) is 0 Å². The second-order valence-electron chi connectivity index (χ2n) is 4.36. The van der Waals surface area contributed by atoms with E-state index in [0.717, 1.165) is 34.4 Å². The monoisotopic (exact) mass is 377 g/mol. The summed E-state index contributed by atoms with van der Waals surface area (Å²) in [5.41, 5.74) is 1.22. The van der Waals surface area contributed by atoms with E-state index in [0.29, 0.717) is 6.10 Å². The molecule has 1 atom stereocenters. The van der Waals surface area contributed by atoms with Crippen LogP contribution in [0.2, 0.25) is 0 Å². The van der Waals surface area contributed by atoms with E-state index < -0.39 is 0 Å². The van der Waals surface area contributed by atoms with Crippen molar-refractivity contribution in [3.05, 3.63) is 26.6 Å². The third kappa shape index (κ3) is 3.70. The van der Waals surface area contributed by atoms with Crippen LogP contribution in [-0.4, -0.2) is 26.4 Å². The second-order valence-corrected chi connectivity index (χ2v) is 6.07. The number of hydrogen-bond donors (Lipinski definition) is 1. The van der Waals surface area contributed by atoms with E-state index in [4.69, 9.17) is 9.47 Å². The molecule has 0 aromatic heterocycles. The molecule has 1 N–H and O–H groups in total. The van der Waals surface area contributed by atoms with E-state index in [9.17, 15) is 0 Å². The van der Waals surface area contributed by atoms with Crippen LogP contribution in [0.25, 0.3) is 0 Å². The summed E-state index contributed by atoms with van der Waals surface area (Å²) in [6.07, 6.45) is 2.74. The highest BCUT2D eigenvalue weighted by atomic mass is 79.9. The maximum atomic E-state index is 5.57. The Kier molecular flexibility index (Phi) is 5.48. The van der Waals surface area contributed by atoms with Crippen molar-refractivity contribution in [1.29, 1.82) is 0 Å². The molecule has 0 saturated carbocycles. The fourth-order valence-corrected chi connectivity index (χ4v) is 3.70. The zero-order valence-electron chi connectivity index (χ0n) is 10.3. The van der Waals surface area contributed by atoms with Crippen molar-refractivity contribution in [3.63, 3.8) is 0 Å². The summed E-state index contributed by atoms with van der Waals surface area (Å²) in [5, 5.41) is 3.43. The molecule has 0 bridgehead atoms. The fourth-order valence-electron chi connectivity index (χ4n) is 2.09. The molecule has 1 heterocycles. The molecule has 1 aliphatic rings. The first-order valence-corrected chi connectivity index (χ1v) is 7.63. The molecule has 2 rings (SSSR count). The third-order valence-corrected chi connectivity index (χ3v) is 4.17. The van der Waals surface area contributed by atoms with Crippen molar-refractivity contribution < 1.29 is 9.47 Å². The molecule has 1 aromatic carbocycles. The van der Waals surface area contributed by atoms with Crippen molar-refractivity contribution in [2.45, 2.75) is 25.5 Å². The largest absolute Gasteiger partial charge is 0.494 e. The van der Waals surface area contributed by atoms with Gasteiger partial charge in [-0.3, -0.25) is 0 Å². The number of benzene rings is 1. The lowest BCUT2D eigenvalue weighted by Crippen LogP contribution is -2.25. The van der Waals surface area contributed by atoms with E-state index in [2.05, 4.69) is 49.3 Å². The molecule has 1 saturated heterocycles. The summed E-state index contributed by atoms with van der Waals surface area (Å²) in [5.74, 6) is 0.831. The van der Waals surface area contributed by atoms with Crippen LogP contribution in [-0.2, 0) is 11.3 Å². The van der Waals surface area contributed by atoms with Crippen LogP contribution in [0.5, 0.6) is 5.75 Å². The van der Waals surface area contributed by atoms with Crippen LogP contribution < -0.4 is 10.1 Å². The number of halogens is 2. The van der Waals surface area contributed by atoms with Crippen LogP contribution in [0.4, 0.5) is 0 Å².